The molecule has 0 bridgehead atoms. The van der Waals surface area contributed by atoms with Crippen molar-refractivity contribution in [1.82, 2.24) is 0 Å². The first kappa shape index (κ1) is 24.0. The second kappa shape index (κ2) is 7.98. The number of halogens is 3. The van der Waals surface area contributed by atoms with E-state index in [1.165, 1.54) is 13.0 Å². The molecule has 33 heavy (non-hydrogen) atoms. The Hall–Kier alpha value is -2.12. The Morgan fingerprint density at radius 1 is 1.03 bits per heavy atom. The van der Waals surface area contributed by atoms with Crippen molar-refractivity contribution in [3.63, 3.8) is 0 Å². The lowest BCUT2D eigenvalue weighted by Gasteiger charge is -2.58. The Labute approximate surface area is 191 Å². The molecule has 0 amide bonds. The van der Waals surface area contributed by atoms with Crippen LogP contribution in [0.5, 0.6) is 0 Å². The molecule has 0 aromatic heterocycles. The second-order valence-corrected chi connectivity index (χ2v) is 10.7. The molecule has 3 saturated carbocycles. The monoisotopic (exact) mass is 468 g/mol. The summed E-state index contributed by atoms with van der Waals surface area (Å²) in [5.41, 5.74) is -0.298. The smallest absolute Gasteiger partial charge is 0.450 e. The van der Waals surface area contributed by atoms with Crippen LogP contribution in [-0.4, -0.2) is 30.0 Å². The summed E-state index contributed by atoms with van der Waals surface area (Å²) < 4.78 is 51.4. The van der Waals surface area contributed by atoms with Crippen LogP contribution in [-0.2, 0) is 23.9 Å². The SMILES string of the molecule is CC(=O)O/C(=C1\C[C@@]2(C)C(=CC1=O)CC[C@H]1[C@@H]3CC[C@H](OC(C)=O)[C@@]3(C)CC[C@@H]12)C(F)(F)F. The molecule has 8 heteroatoms. The van der Waals surface area contributed by atoms with E-state index in [-0.39, 0.29) is 35.7 Å². The molecule has 0 heterocycles. The largest absolute Gasteiger partial charge is 0.462 e. The van der Waals surface area contributed by atoms with E-state index in [1.807, 2.05) is 6.92 Å². The van der Waals surface area contributed by atoms with Crippen LogP contribution >= 0.6 is 0 Å². The summed E-state index contributed by atoms with van der Waals surface area (Å²) in [6.07, 6.45) is 1.09. The molecule has 4 aliphatic carbocycles. The second-order valence-electron chi connectivity index (χ2n) is 10.7. The van der Waals surface area contributed by atoms with Gasteiger partial charge in [0.2, 0.25) is 5.76 Å². The van der Waals surface area contributed by atoms with Gasteiger partial charge in [0.25, 0.3) is 0 Å². The molecule has 3 fully saturated rings. The normalized spacial score (nSPS) is 39.6. The van der Waals surface area contributed by atoms with Crippen molar-refractivity contribution in [2.45, 2.75) is 84.9 Å². The Balaban J connectivity index is 1.70. The number of allylic oxidation sites excluding steroid dienone is 3. The third-order valence-corrected chi connectivity index (χ3v) is 8.88. The van der Waals surface area contributed by atoms with Crippen molar-refractivity contribution < 1.29 is 37.0 Å². The van der Waals surface area contributed by atoms with Crippen molar-refractivity contribution >= 4 is 17.7 Å². The van der Waals surface area contributed by atoms with E-state index in [0.717, 1.165) is 44.6 Å². The van der Waals surface area contributed by atoms with Crippen molar-refractivity contribution in [2.24, 2.45) is 28.6 Å². The number of alkyl halides is 3. The highest BCUT2D eigenvalue weighted by molar-refractivity contribution is 6.06. The maximum Gasteiger partial charge on any atom is 0.450 e. The van der Waals surface area contributed by atoms with E-state index in [9.17, 15) is 27.6 Å². The van der Waals surface area contributed by atoms with Crippen molar-refractivity contribution in [3.8, 4) is 0 Å². The number of hydrogen-bond acceptors (Lipinski definition) is 5. The van der Waals surface area contributed by atoms with Gasteiger partial charge in [0.15, 0.2) is 5.78 Å². The van der Waals surface area contributed by atoms with Gasteiger partial charge in [-0.05, 0) is 74.2 Å². The van der Waals surface area contributed by atoms with Crippen LogP contribution in [0.3, 0.4) is 0 Å². The molecule has 0 radical (unpaired) electrons. The number of ether oxygens (including phenoxy) is 2. The van der Waals surface area contributed by atoms with E-state index in [1.54, 1.807) is 0 Å². The molecule has 0 aromatic rings. The number of rotatable bonds is 2. The molecule has 0 saturated heterocycles. The lowest BCUT2D eigenvalue weighted by atomic mass is 9.47. The van der Waals surface area contributed by atoms with Gasteiger partial charge in [-0.25, -0.2) is 0 Å². The number of esters is 2. The minimum atomic E-state index is -4.93. The van der Waals surface area contributed by atoms with Crippen LogP contribution in [0.25, 0.3) is 0 Å². The Bertz CT molecular complexity index is 948. The third-order valence-electron chi connectivity index (χ3n) is 8.88. The average molecular weight is 469 g/mol. The van der Waals surface area contributed by atoms with E-state index in [2.05, 4.69) is 11.7 Å². The van der Waals surface area contributed by atoms with Gasteiger partial charge in [0, 0.05) is 24.8 Å². The van der Waals surface area contributed by atoms with Gasteiger partial charge in [-0.15, -0.1) is 0 Å². The molecule has 6 atom stereocenters. The standard InChI is InChI=1S/C25H31F3O5/c1-13(29)32-21-8-7-18-16-6-5-15-11-20(31)17(22(25(26,27)28)33-14(2)30)12-24(15,4)19(16)9-10-23(18,21)3/h11,16,18-19,21H,5-10,12H2,1-4H3/b22-17+/t16-,18-,19-,21-,23-,24-/m0/s1. The zero-order valence-corrected chi connectivity index (χ0v) is 19.5. The number of fused-ring (bicyclic) bond motifs is 5. The average Bonchev–Trinajstić information content (AvgIpc) is 3.01. The summed E-state index contributed by atoms with van der Waals surface area (Å²) in [5.74, 6) is -2.86. The molecule has 182 valence electrons. The fraction of sp³-hybridized carbons (Fsp3) is 0.720. The number of carbonyl (C=O) groups excluding carboxylic acids is 3. The highest BCUT2D eigenvalue weighted by Crippen LogP contribution is 2.66. The summed E-state index contributed by atoms with van der Waals surface area (Å²) >= 11 is 0. The van der Waals surface area contributed by atoms with Gasteiger partial charge in [-0.2, -0.15) is 13.2 Å². The van der Waals surface area contributed by atoms with Crippen LogP contribution in [0.4, 0.5) is 13.2 Å². The van der Waals surface area contributed by atoms with E-state index in [0.29, 0.717) is 12.3 Å². The zero-order chi connectivity index (χ0) is 24.3. The molecule has 0 N–H and O–H groups in total. The van der Waals surface area contributed by atoms with Crippen molar-refractivity contribution in [2.75, 3.05) is 0 Å². The van der Waals surface area contributed by atoms with Crippen molar-refractivity contribution in [3.05, 3.63) is 23.0 Å². The summed E-state index contributed by atoms with van der Waals surface area (Å²) in [6.45, 7) is 6.47. The fourth-order valence-electron chi connectivity index (χ4n) is 7.48. The predicted molar refractivity (Wildman–Crippen MR) is 112 cm³/mol. The number of carbonyl (C=O) groups is 3. The molecule has 0 unspecified atom stereocenters. The Kier molecular flexibility index (Phi) is 5.81. The highest BCUT2D eigenvalue weighted by atomic mass is 19.4. The zero-order valence-electron chi connectivity index (χ0n) is 19.5. The van der Waals surface area contributed by atoms with Gasteiger partial charge in [-0.1, -0.05) is 19.4 Å². The molecule has 5 nitrogen and oxygen atoms in total. The van der Waals surface area contributed by atoms with Crippen molar-refractivity contribution in [1.29, 1.82) is 0 Å². The predicted octanol–water partition coefficient (Wildman–Crippen LogP) is 5.44. The molecule has 4 rings (SSSR count). The molecule has 4 aliphatic rings. The first-order valence-corrected chi connectivity index (χ1v) is 11.7. The highest BCUT2D eigenvalue weighted by Gasteiger charge is 2.60. The van der Waals surface area contributed by atoms with Gasteiger partial charge in [-0.3, -0.25) is 14.4 Å². The van der Waals surface area contributed by atoms with E-state index in [4.69, 9.17) is 4.74 Å². The van der Waals surface area contributed by atoms with Crippen LogP contribution in [0.1, 0.15) is 72.6 Å². The fourth-order valence-corrected chi connectivity index (χ4v) is 7.48. The summed E-state index contributed by atoms with van der Waals surface area (Å²) in [6, 6.07) is 0. The van der Waals surface area contributed by atoms with E-state index < -0.39 is 34.7 Å². The minimum absolute atomic E-state index is 0.0856. The van der Waals surface area contributed by atoms with Crippen LogP contribution in [0.15, 0.2) is 23.0 Å². The minimum Gasteiger partial charge on any atom is -0.462 e. The molecular weight excluding hydrogens is 437 g/mol. The quantitative estimate of drug-likeness (QED) is 0.307. The lowest BCUT2D eigenvalue weighted by Crippen LogP contribution is -2.52. The third kappa shape index (κ3) is 3.93. The molecule has 0 spiro atoms. The van der Waals surface area contributed by atoms with Gasteiger partial charge in [0.05, 0.1) is 0 Å². The van der Waals surface area contributed by atoms with E-state index >= 15 is 0 Å². The molecule has 0 aromatic carbocycles. The number of hydrogen-bond donors (Lipinski definition) is 0. The lowest BCUT2D eigenvalue weighted by molar-refractivity contribution is -0.159. The van der Waals surface area contributed by atoms with Crippen LogP contribution in [0, 0.1) is 28.6 Å². The topological polar surface area (TPSA) is 69.7 Å². The molecule has 0 aliphatic heterocycles. The first-order chi connectivity index (χ1) is 15.3. The Morgan fingerprint density at radius 2 is 1.73 bits per heavy atom. The maximum atomic E-state index is 13.7. The summed E-state index contributed by atoms with van der Waals surface area (Å²) in [5, 5.41) is 0. The maximum absolute atomic E-state index is 13.7. The number of ketones is 1. The van der Waals surface area contributed by atoms with Gasteiger partial charge in [0.1, 0.15) is 6.10 Å². The first-order valence-electron chi connectivity index (χ1n) is 11.7. The van der Waals surface area contributed by atoms with Gasteiger partial charge < -0.3 is 9.47 Å². The summed E-state index contributed by atoms with van der Waals surface area (Å²) in [7, 11) is 0. The van der Waals surface area contributed by atoms with Crippen LogP contribution < -0.4 is 0 Å². The summed E-state index contributed by atoms with van der Waals surface area (Å²) in [4.78, 5) is 35.7. The Morgan fingerprint density at radius 3 is 2.33 bits per heavy atom. The van der Waals surface area contributed by atoms with Crippen LogP contribution in [0.2, 0.25) is 0 Å². The van der Waals surface area contributed by atoms with Gasteiger partial charge >= 0.3 is 18.1 Å². The molecular formula is C25H31F3O5.